The molecule has 1 aliphatic heterocycles. The Hall–Kier alpha value is -1.39. The molecule has 2 atom stereocenters. The van der Waals surface area contributed by atoms with Crippen LogP contribution in [-0.4, -0.2) is 37.1 Å². The van der Waals surface area contributed by atoms with Gasteiger partial charge in [-0.2, -0.15) is 0 Å². The molecule has 1 aromatic rings. The average molecular weight is 262 g/mol. The van der Waals surface area contributed by atoms with Crippen LogP contribution in [0, 0.1) is 0 Å². The first kappa shape index (κ1) is 14.0. The molecule has 1 saturated heterocycles. The van der Waals surface area contributed by atoms with Crippen molar-refractivity contribution >= 4 is 5.91 Å². The molecular formula is C15H22N2O2. The van der Waals surface area contributed by atoms with E-state index in [1.54, 1.807) is 0 Å². The second-order valence-electron chi connectivity index (χ2n) is 5.08. The molecule has 0 spiro atoms. The second-order valence-corrected chi connectivity index (χ2v) is 5.08. The van der Waals surface area contributed by atoms with Gasteiger partial charge in [0.05, 0.1) is 12.6 Å². The van der Waals surface area contributed by atoms with E-state index in [-0.39, 0.29) is 18.0 Å². The van der Waals surface area contributed by atoms with Gasteiger partial charge in [0.25, 0.3) is 0 Å². The topological polar surface area (TPSA) is 55.6 Å². The zero-order valence-electron chi connectivity index (χ0n) is 11.4. The minimum atomic E-state index is -0.0709. The monoisotopic (exact) mass is 262 g/mol. The van der Waals surface area contributed by atoms with Crippen LogP contribution in [0.1, 0.15) is 30.9 Å². The van der Waals surface area contributed by atoms with E-state index in [1.807, 2.05) is 42.3 Å². The molecular weight excluding hydrogens is 240 g/mol. The number of nitrogens with two attached hydrogens (primary N) is 1. The van der Waals surface area contributed by atoms with Gasteiger partial charge >= 0.3 is 0 Å². The summed E-state index contributed by atoms with van der Waals surface area (Å²) in [6.45, 7) is 1.42. The average Bonchev–Trinajstić information content (AvgIpc) is 2.98. The second kappa shape index (κ2) is 6.68. The van der Waals surface area contributed by atoms with Crippen LogP contribution in [0.15, 0.2) is 30.3 Å². The molecule has 1 fully saturated rings. The molecule has 2 unspecified atom stereocenters. The Morgan fingerprint density at radius 1 is 1.47 bits per heavy atom. The molecule has 1 aliphatic rings. The van der Waals surface area contributed by atoms with Crippen LogP contribution in [0.25, 0.3) is 0 Å². The highest BCUT2D eigenvalue weighted by Gasteiger charge is 2.24. The van der Waals surface area contributed by atoms with E-state index < -0.39 is 0 Å². The minimum absolute atomic E-state index is 0.0709. The molecule has 0 radical (unpaired) electrons. The van der Waals surface area contributed by atoms with E-state index in [1.165, 1.54) is 0 Å². The molecule has 0 aromatic heterocycles. The van der Waals surface area contributed by atoms with E-state index in [4.69, 9.17) is 10.5 Å². The van der Waals surface area contributed by atoms with Crippen LogP contribution in [-0.2, 0) is 9.53 Å². The lowest BCUT2D eigenvalue weighted by Gasteiger charge is -2.23. The predicted octanol–water partition coefficient (Wildman–Crippen LogP) is 1.71. The highest BCUT2D eigenvalue weighted by molar-refractivity contribution is 5.76. The number of likely N-dealkylation sites (N-methyl/N-ethyl adjacent to an activating group) is 1. The van der Waals surface area contributed by atoms with Crippen LogP contribution in [0.2, 0.25) is 0 Å². The van der Waals surface area contributed by atoms with Crippen molar-refractivity contribution in [1.29, 1.82) is 0 Å². The summed E-state index contributed by atoms with van der Waals surface area (Å²) < 4.78 is 5.30. The minimum Gasteiger partial charge on any atom is -0.379 e. The van der Waals surface area contributed by atoms with Gasteiger partial charge in [0, 0.05) is 26.1 Å². The maximum absolute atomic E-state index is 12.1. The van der Waals surface area contributed by atoms with Crippen molar-refractivity contribution in [2.24, 2.45) is 5.73 Å². The fraction of sp³-hybridized carbons (Fsp3) is 0.533. The van der Waals surface area contributed by atoms with Crippen LogP contribution < -0.4 is 5.73 Å². The third-order valence-electron chi connectivity index (χ3n) is 3.74. The molecule has 104 valence electrons. The van der Waals surface area contributed by atoms with Gasteiger partial charge in [-0.05, 0) is 18.4 Å². The Labute approximate surface area is 114 Å². The zero-order valence-corrected chi connectivity index (χ0v) is 11.4. The maximum Gasteiger partial charge on any atom is 0.222 e. The molecule has 0 saturated carbocycles. The van der Waals surface area contributed by atoms with Gasteiger partial charge in [-0.25, -0.2) is 0 Å². The summed E-state index contributed by atoms with van der Waals surface area (Å²) in [6, 6.07) is 10.1. The molecule has 2 N–H and O–H groups in total. The Kier molecular flexibility index (Phi) is 4.93. The largest absolute Gasteiger partial charge is 0.379 e. The van der Waals surface area contributed by atoms with Crippen molar-refractivity contribution in [3.8, 4) is 0 Å². The molecule has 2 rings (SSSR count). The number of benzene rings is 1. The Morgan fingerprint density at radius 2 is 2.21 bits per heavy atom. The molecule has 0 aliphatic carbocycles. The van der Waals surface area contributed by atoms with Crippen molar-refractivity contribution in [2.75, 3.05) is 20.3 Å². The van der Waals surface area contributed by atoms with Crippen molar-refractivity contribution < 1.29 is 9.53 Å². The summed E-state index contributed by atoms with van der Waals surface area (Å²) >= 11 is 0. The fourth-order valence-electron chi connectivity index (χ4n) is 2.35. The standard InChI is InChI=1S/C15H22N2O2/c1-17(13-9-10-19-11-13)15(18)8-7-14(16)12-5-3-2-4-6-12/h2-6,13-14H,7-11,16H2,1H3. The zero-order chi connectivity index (χ0) is 13.7. The number of carbonyl (C=O) groups excluding carboxylic acids is 1. The summed E-state index contributed by atoms with van der Waals surface area (Å²) in [5.74, 6) is 0.155. The molecule has 0 bridgehead atoms. The lowest BCUT2D eigenvalue weighted by Crippen LogP contribution is -2.37. The molecule has 4 heteroatoms. The fourth-order valence-corrected chi connectivity index (χ4v) is 2.35. The first-order valence-electron chi connectivity index (χ1n) is 6.82. The Bertz CT molecular complexity index is 402. The number of hydrogen-bond acceptors (Lipinski definition) is 3. The third kappa shape index (κ3) is 3.78. The molecule has 19 heavy (non-hydrogen) atoms. The van der Waals surface area contributed by atoms with Crippen molar-refractivity contribution in [2.45, 2.75) is 31.3 Å². The smallest absolute Gasteiger partial charge is 0.222 e. The summed E-state index contributed by atoms with van der Waals surface area (Å²) in [5, 5.41) is 0. The van der Waals surface area contributed by atoms with E-state index in [9.17, 15) is 4.79 Å². The van der Waals surface area contributed by atoms with Gasteiger partial charge in [-0.1, -0.05) is 30.3 Å². The van der Waals surface area contributed by atoms with E-state index in [0.29, 0.717) is 19.4 Å². The van der Waals surface area contributed by atoms with Crippen LogP contribution in [0.3, 0.4) is 0 Å². The molecule has 1 amide bonds. The molecule has 1 heterocycles. The Morgan fingerprint density at radius 3 is 2.84 bits per heavy atom. The van der Waals surface area contributed by atoms with E-state index >= 15 is 0 Å². The Balaban J connectivity index is 1.79. The summed E-state index contributed by atoms with van der Waals surface area (Å²) in [6.07, 6.45) is 2.11. The predicted molar refractivity (Wildman–Crippen MR) is 74.6 cm³/mol. The van der Waals surface area contributed by atoms with Crippen LogP contribution >= 0.6 is 0 Å². The van der Waals surface area contributed by atoms with Crippen LogP contribution in [0.4, 0.5) is 0 Å². The number of ether oxygens (including phenoxy) is 1. The number of carbonyl (C=O) groups is 1. The lowest BCUT2D eigenvalue weighted by molar-refractivity contribution is -0.132. The number of amides is 1. The van der Waals surface area contributed by atoms with Gasteiger partial charge < -0.3 is 15.4 Å². The highest BCUT2D eigenvalue weighted by atomic mass is 16.5. The van der Waals surface area contributed by atoms with Gasteiger partial charge in [0.2, 0.25) is 5.91 Å². The summed E-state index contributed by atoms with van der Waals surface area (Å²) in [5.41, 5.74) is 7.19. The van der Waals surface area contributed by atoms with Gasteiger partial charge in [0.15, 0.2) is 0 Å². The number of hydrogen-bond donors (Lipinski definition) is 1. The first-order chi connectivity index (χ1) is 9.18. The van der Waals surface area contributed by atoms with E-state index in [2.05, 4.69) is 0 Å². The number of nitrogens with zero attached hydrogens (tertiary/aromatic N) is 1. The molecule has 1 aromatic carbocycles. The lowest BCUT2D eigenvalue weighted by atomic mass is 10.0. The third-order valence-corrected chi connectivity index (χ3v) is 3.74. The number of rotatable bonds is 5. The summed E-state index contributed by atoms with van der Waals surface area (Å²) in [7, 11) is 1.86. The summed E-state index contributed by atoms with van der Waals surface area (Å²) in [4.78, 5) is 13.9. The first-order valence-corrected chi connectivity index (χ1v) is 6.82. The van der Waals surface area contributed by atoms with E-state index in [0.717, 1.165) is 18.6 Å². The normalized spacial score (nSPS) is 20.2. The van der Waals surface area contributed by atoms with Gasteiger partial charge in [0.1, 0.15) is 0 Å². The van der Waals surface area contributed by atoms with Crippen LogP contribution in [0.5, 0.6) is 0 Å². The van der Waals surface area contributed by atoms with Gasteiger partial charge in [-0.3, -0.25) is 4.79 Å². The molecule has 4 nitrogen and oxygen atoms in total. The quantitative estimate of drug-likeness (QED) is 0.879. The van der Waals surface area contributed by atoms with Crippen molar-refractivity contribution in [1.82, 2.24) is 4.90 Å². The SMILES string of the molecule is CN(C(=O)CCC(N)c1ccccc1)C1CCOC1. The van der Waals surface area contributed by atoms with Gasteiger partial charge in [-0.15, -0.1) is 0 Å². The maximum atomic E-state index is 12.1. The van der Waals surface area contributed by atoms with Crippen molar-refractivity contribution in [3.05, 3.63) is 35.9 Å². The van der Waals surface area contributed by atoms with Crippen molar-refractivity contribution in [3.63, 3.8) is 0 Å². The highest BCUT2D eigenvalue weighted by Crippen LogP contribution is 2.17.